The fourth-order valence-corrected chi connectivity index (χ4v) is 4.80. The van der Waals surface area contributed by atoms with Crippen LogP contribution in [-0.2, 0) is 9.84 Å². The molecule has 6 heteroatoms. The van der Waals surface area contributed by atoms with Crippen molar-refractivity contribution in [1.29, 1.82) is 5.26 Å². The molecule has 1 saturated carbocycles. The van der Waals surface area contributed by atoms with E-state index >= 15 is 0 Å². The van der Waals surface area contributed by atoms with Crippen LogP contribution in [0.3, 0.4) is 0 Å². The van der Waals surface area contributed by atoms with Gasteiger partial charge in [-0.15, -0.1) is 0 Å². The molecule has 1 aromatic carbocycles. The third-order valence-corrected chi connectivity index (χ3v) is 6.50. The van der Waals surface area contributed by atoms with Crippen molar-refractivity contribution in [3.05, 3.63) is 28.2 Å². The molecule has 0 N–H and O–H groups in total. The molecule has 0 aromatic heterocycles. The molecule has 0 radical (unpaired) electrons. The number of nitriles is 1. The predicted molar refractivity (Wildman–Crippen MR) is 75.0 cm³/mol. The van der Waals surface area contributed by atoms with E-state index in [9.17, 15) is 8.42 Å². The Morgan fingerprint density at radius 1 is 1.16 bits per heavy atom. The molecule has 0 bridgehead atoms. The normalized spacial score (nSPS) is 23.8. The minimum atomic E-state index is -3.53. The Kier molecular flexibility index (Phi) is 4.39. The zero-order valence-corrected chi connectivity index (χ0v) is 12.5. The molecule has 102 valence electrons. The van der Waals surface area contributed by atoms with Crippen LogP contribution in [0.15, 0.2) is 23.1 Å². The van der Waals surface area contributed by atoms with E-state index in [-0.39, 0.29) is 9.92 Å². The van der Waals surface area contributed by atoms with Gasteiger partial charge >= 0.3 is 0 Å². The molecule has 3 nitrogen and oxygen atoms in total. The maximum Gasteiger partial charge on any atom is 0.182 e. The Bertz CT molecular complexity index is 622. The quantitative estimate of drug-likeness (QED) is 0.832. The monoisotopic (exact) mass is 317 g/mol. The van der Waals surface area contributed by atoms with Gasteiger partial charge in [-0.2, -0.15) is 5.26 Å². The van der Waals surface area contributed by atoms with Crippen LogP contribution >= 0.6 is 23.2 Å². The van der Waals surface area contributed by atoms with Crippen LogP contribution in [0.2, 0.25) is 10.0 Å². The molecule has 0 heterocycles. The predicted octanol–water partition coefficient (Wildman–Crippen LogP) is 3.85. The minimum Gasteiger partial charge on any atom is -0.223 e. The summed E-state index contributed by atoms with van der Waals surface area (Å²) >= 11 is 11.7. The van der Waals surface area contributed by atoms with Gasteiger partial charge in [-0.25, -0.2) is 8.42 Å². The summed E-state index contributed by atoms with van der Waals surface area (Å²) < 4.78 is 25.1. The second kappa shape index (κ2) is 5.70. The van der Waals surface area contributed by atoms with Gasteiger partial charge in [0.2, 0.25) is 0 Å². The van der Waals surface area contributed by atoms with Crippen molar-refractivity contribution in [3.8, 4) is 6.07 Å². The first-order valence-corrected chi connectivity index (χ1v) is 8.35. The molecule has 1 aromatic rings. The number of nitrogens with zero attached hydrogens (tertiary/aromatic N) is 1. The summed E-state index contributed by atoms with van der Waals surface area (Å²) in [7, 11) is -3.53. The molecule has 1 aliphatic rings. The Balaban J connectivity index is 2.41. The van der Waals surface area contributed by atoms with Gasteiger partial charge in [-0.3, -0.25) is 0 Å². The molecule has 1 fully saturated rings. The highest BCUT2D eigenvalue weighted by Crippen LogP contribution is 2.34. The SMILES string of the molecule is N#CC1CCCCC1S(=O)(=O)c1ccc(Cl)c(Cl)c1. The Hall–Kier alpha value is -0.760. The van der Waals surface area contributed by atoms with Crippen molar-refractivity contribution in [1.82, 2.24) is 0 Å². The smallest absolute Gasteiger partial charge is 0.182 e. The van der Waals surface area contributed by atoms with Crippen molar-refractivity contribution in [2.75, 3.05) is 0 Å². The van der Waals surface area contributed by atoms with E-state index in [4.69, 9.17) is 28.5 Å². The van der Waals surface area contributed by atoms with Gasteiger partial charge in [0.25, 0.3) is 0 Å². The van der Waals surface area contributed by atoms with Gasteiger partial charge in [0.1, 0.15) is 0 Å². The molecule has 2 atom stereocenters. The van der Waals surface area contributed by atoms with Crippen LogP contribution in [-0.4, -0.2) is 13.7 Å². The van der Waals surface area contributed by atoms with E-state index in [2.05, 4.69) is 6.07 Å². The van der Waals surface area contributed by atoms with Gasteiger partial charge in [0.15, 0.2) is 9.84 Å². The Morgan fingerprint density at radius 3 is 2.47 bits per heavy atom. The summed E-state index contributed by atoms with van der Waals surface area (Å²) in [6.07, 6.45) is 2.91. The fraction of sp³-hybridized carbons (Fsp3) is 0.462. The maximum absolute atomic E-state index is 12.6. The highest BCUT2D eigenvalue weighted by Gasteiger charge is 2.36. The topological polar surface area (TPSA) is 57.9 Å². The highest BCUT2D eigenvalue weighted by molar-refractivity contribution is 7.92. The molecule has 0 saturated heterocycles. The second-order valence-corrected chi connectivity index (χ2v) is 7.66. The summed E-state index contributed by atoms with van der Waals surface area (Å²) in [5, 5.41) is 9.01. The average Bonchev–Trinajstić information content (AvgIpc) is 2.41. The summed E-state index contributed by atoms with van der Waals surface area (Å²) in [5.74, 6) is -0.437. The number of sulfone groups is 1. The molecule has 19 heavy (non-hydrogen) atoms. The molecule has 0 spiro atoms. The average molecular weight is 318 g/mol. The van der Waals surface area contributed by atoms with Crippen LogP contribution in [0.1, 0.15) is 25.7 Å². The molecule has 2 unspecified atom stereocenters. The van der Waals surface area contributed by atoms with Crippen LogP contribution in [0, 0.1) is 17.2 Å². The zero-order chi connectivity index (χ0) is 14.0. The molecular weight excluding hydrogens is 305 g/mol. The lowest BCUT2D eigenvalue weighted by atomic mass is 9.90. The third kappa shape index (κ3) is 2.89. The van der Waals surface area contributed by atoms with Gasteiger partial charge in [-0.1, -0.05) is 36.0 Å². The van der Waals surface area contributed by atoms with E-state index in [1.807, 2.05) is 0 Å². The molecule has 2 rings (SSSR count). The first-order valence-electron chi connectivity index (χ1n) is 6.05. The zero-order valence-electron chi connectivity index (χ0n) is 10.1. The number of hydrogen-bond donors (Lipinski definition) is 0. The summed E-state index contributed by atoms with van der Waals surface area (Å²) in [4.78, 5) is 0.147. The lowest BCUT2D eigenvalue weighted by Gasteiger charge is -2.26. The number of hydrogen-bond acceptors (Lipinski definition) is 3. The van der Waals surface area contributed by atoms with Gasteiger partial charge in [0, 0.05) is 0 Å². The summed E-state index contributed by atoms with van der Waals surface area (Å²) in [5.41, 5.74) is 0. The molecule has 0 aliphatic heterocycles. The standard InChI is InChI=1S/C13H13Cl2NO2S/c14-11-6-5-10(7-12(11)15)19(17,18)13-4-2-1-3-9(13)8-16/h5-7,9,13H,1-4H2. The molecular formula is C13H13Cl2NO2S. The first-order chi connectivity index (χ1) is 8.96. The highest BCUT2D eigenvalue weighted by atomic mass is 35.5. The van der Waals surface area contributed by atoms with Crippen LogP contribution in [0.5, 0.6) is 0 Å². The minimum absolute atomic E-state index is 0.147. The molecule has 0 amide bonds. The van der Waals surface area contributed by atoms with Crippen molar-refractivity contribution in [2.45, 2.75) is 35.8 Å². The van der Waals surface area contributed by atoms with E-state index in [1.165, 1.54) is 18.2 Å². The lowest BCUT2D eigenvalue weighted by molar-refractivity contribution is 0.418. The maximum atomic E-state index is 12.6. The van der Waals surface area contributed by atoms with Crippen molar-refractivity contribution in [2.24, 2.45) is 5.92 Å². The van der Waals surface area contributed by atoms with Crippen molar-refractivity contribution in [3.63, 3.8) is 0 Å². The Labute approximate surface area is 123 Å². The number of benzene rings is 1. The van der Waals surface area contributed by atoms with E-state index in [0.717, 1.165) is 12.8 Å². The summed E-state index contributed by atoms with van der Waals surface area (Å²) in [6, 6.07) is 6.41. The van der Waals surface area contributed by atoms with Gasteiger partial charge in [0.05, 0.1) is 32.2 Å². The number of halogens is 2. The Morgan fingerprint density at radius 2 is 1.84 bits per heavy atom. The fourth-order valence-electron chi connectivity index (χ4n) is 2.44. The van der Waals surface area contributed by atoms with Crippen LogP contribution in [0.4, 0.5) is 0 Å². The van der Waals surface area contributed by atoms with Gasteiger partial charge < -0.3 is 0 Å². The van der Waals surface area contributed by atoms with Crippen molar-refractivity contribution >= 4 is 33.0 Å². The van der Waals surface area contributed by atoms with E-state index in [0.29, 0.717) is 17.9 Å². The van der Waals surface area contributed by atoms with E-state index < -0.39 is 21.0 Å². The third-order valence-electron chi connectivity index (χ3n) is 3.49. The summed E-state index contributed by atoms with van der Waals surface area (Å²) in [6.45, 7) is 0. The van der Waals surface area contributed by atoms with Crippen LogP contribution in [0.25, 0.3) is 0 Å². The van der Waals surface area contributed by atoms with Crippen LogP contribution < -0.4 is 0 Å². The van der Waals surface area contributed by atoms with Crippen molar-refractivity contribution < 1.29 is 8.42 Å². The molecule has 1 aliphatic carbocycles. The second-order valence-electron chi connectivity index (χ2n) is 4.68. The largest absolute Gasteiger partial charge is 0.223 e. The van der Waals surface area contributed by atoms with E-state index in [1.54, 1.807) is 0 Å². The lowest BCUT2D eigenvalue weighted by Crippen LogP contribution is -2.32. The van der Waals surface area contributed by atoms with Gasteiger partial charge in [-0.05, 0) is 31.0 Å². The first kappa shape index (κ1) is 14.6. The number of rotatable bonds is 2.